The topological polar surface area (TPSA) is 91.6 Å². The van der Waals surface area contributed by atoms with Gasteiger partial charge in [0.05, 0.1) is 34.2 Å². The average Bonchev–Trinajstić information content (AvgIpc) is 3.03. The van der Waals surface area contributed by atoms with Gasteiger partial charge in [0.1, 0.15) is 5.82 Å². The highest BCUT2D eigenvalue weighted by Gasteiger charge is 2.34. The summed E-state index contributed by atoms with van der Waals surface area (Å²) < 4.78 is 57.3. The Morgan fingerprint density at radius 1 is 1.27 bits per heavy atom. The molecule has 0 fully saturated rings. The molecule has 12 heteroatoms. The lowest BCUT2D eigenvalue weighted by atomic mass is 10.1. The minimum absolute atomic E-state index is 0.0458. The Kier molecular flexibility index (Phi) is 5.33. The Labute approximate surface area is 167 Å². The van der Waals surface area contributed by atoms with Gasteiger partial charge in [0.15, 0.2) is 0 Å². The maximum Gasteiger partial charge on any atom is 0.419 e. The molecule has 3 amide bonds. The van der Waals surface area contributed by atoms with Crippen molar-refractivity contribution in [1.29, 1.82) is 0 Å². The first-order valence-electron chi connectivity index (χ1n) is 8.39. The van der Waals surface area contributed by atoms with Crippen molar-refractivity contribution in [2.45, 2.75) is 13.1 Å². The largest absolute Gasteiger partial charge is 0.419 e. The number of amides is 3. The standard InChI is InChI=1S/C18H15F4N5O3/c1-9-14-15(26(2)3)13(7-23-16(14)30-25-9)27(8-28)17(29)24-10-4-5-12(19)11(6-10)18(20,21)22/h4-8H,1-3H3,(H,24,29). The van der Waals surface area contributed by atoms with Gasteiger partial charge in [-0.2, -0.15) is 13.2 Å². The van der Waals surface area contributed by atoms with Gasteiger partial charge in [-0.15, -0.1) is 0 Å². The fourth-order valence-corrected chi connectivity index (χ4v) is 2.87. The van der Waals surface area contributed by atoms with E-state index in [4.69, 9.17) is 4.52 Å². The molecule has 0 radical (unpaired) electrons. The zero-order chi connectivity index (χ0) is 22.2. The molecule has 158 valence electrons. The second kappa shape index (κ2) is 7.61. The molecule has 1 N–H and O–H groups in total. The zero-order valence-corrected chi connectivity index (χ0v) is 15.9. The van der Waals surface area contributed by atoms with E-state index in [1.165, 1.54) is 6.20 Å². The molecule has 0 bridgehead atoms. The van der Waals surface area contributed by atoms with E-state index in [1.54, 1.807) is 25.9 Å². The SMILES string of the molecule is Cc1noc2ncc(N(C=O)C(=O)Nc3ccc(F)c(C(F)(F)F)c3)c(N(C)C)c12. The van der Waals surface area contributed by atoms with Crippen LogP contribution in [-0.4, -0.2) is 36.7 Å². The minimum atomic E-state index is -4.95. The summed E-state index contributed by atoms with van der Waals surface area (Å²) in [5, 5.41) is 6.42. The molecule has 0 spiro atoms. The number of aromatic nitrogens is 2. The third-order valence-corrected chi connectivity index (χ3v) is 4.18. The Bertz CT molecular complexity index is 1130. The number of rotatable bonds is 4. The van der Waals surface area contributed by atoms with E-state index < -0.39 is 23.6 Å². The number of urea groups is 1. The second-order valence-corrected chi connectivity index (χ2v) is 6.43. The van der Waals surface area contributed by atoms with Gasteiger partial charge in [-0.05, 0) is 25.1 Å². The molecular weight excluding hydrogens is 410 g/mol. The number of anilines is 3. The highest BCUT2D eigenvalue weighted by molar-refractivity contribution is 6.16. The maximum atomic E-state index is 13.5. The second-order valence-electron chi connectivity index (χ2n) is 6.43. The lowest BCUT2D eigenvalue weighted by Gasteiger charge is -2.23. The van der Waals surface area contributed by atoms with Crippen molar-refractivity contribution in [1.82, 2.24) is 10.1 Å². The molecule has 2 heterocycles. The number of aryl methyl sites for hydroxylation is 1. The molecule has 0 atom stereocenters. The van der Waals surface area contributed by atoms with Crippen LogP contribution in [0.4, 0.5) is 39.4 Å². The summed E-state index contributed by atoms with van der Waals surface area (Å²) in [6, 6.07) is 0.893. The van der Waals surface area contributed by atoms with Crippen molar-refractivity contribution in [3.8, 4) is 0 Å². The molecule has 1 aromatic carbocycles. The molecule has 2 aromatic heterocycles. The van der Waals surface area contributed by atoms with Gasteiger partial charge in [-0.1, -0.05) is 5.16 Å². The number of carbonyl (C=O) groups is 2. The fraction of sp³-hybridized carbons (Fsp3) is 0.222. The van der Waals surface area contributed by atoms with Gasteiger partial charge in [0, 0.05) is 19.8 Å². The molecule has 0 unspecified atom stereocenters. The first kappa shape index (κ1) is 21.0. The highest BCUT2D eigenvalue weighted by Crippen LogP contribution is 2.37. The van der Waals surface area contributed by atoms with E-state index in [9.17, 15) is 27.2 Å². The van der Waals surface area contributed by atoms with Crippen LogP contribution in [0.25, 0.3) is 11.1 Å². The molecule has 0 saturated heterocycles. The zero-order valence-electron chi connectivity index (χ0n) is 15.9. The Hall–Kier alpha value is -3.70. The van der Waals surface area contributed by atoms with Crippen molar-refractivity contribution in [2.24, 2.45) is 0 Å². The van der Waals surface area contributed by atoms with Crippen LogP contribution >= 0.6 is 0 Å². The van der Waals surface area contributed by atoms with E-state index >= 15 is 0 Å². The summed E-state index contributed by atoms with van der Waals surface area (Å²) in [4.78, 5) is 30.6. The summed E-state index contributed by atoms with van der Waals surface area (Å²) in [5.41, 5.74) is -0.819. The maximum absolute atomic E-state index is 13.5. The number of benzene rings is 1. The Balaban J connectivity index is 2.01. The summed E-state index contributed by atoms with van der Waals surface area (Å²) >= 11 is 0. The summed E-state index contributed by atoms with van der Waals surface area (Å²) in [6.07, 6.45) is -3.57. The van der Waals surface area contributed by atoms with Crippen LogP contribution in [0.15, 0.2) is 28.9 Å². The van der Waals surface area contributed by atoms with Gasteiger partial charge < -0.3 is 14.7 Å². The molecule has 0 aliphatic rings. The van der Waals surface area contributed by atoms with Crippen LogP contribution in [0, 0.1) is 12.7 Å². The smallest absolute Gasteiger partial charge is 0.375 e. The number of nitrogens with zero attached hydrogens (tertiary/aromatic N) is 4. The van der Waals surface area contributed by atoms with Crippen LogP contribution in [0.5, 0.6) is 0 Å². The normalized spacial score (nSPS) is 11.4. The van der Waals surface area contributed by atoms with E-state index in [0.717, 1.165) is 6.07 Å². The number of imide groups is 1. The number of fused-ring (bicyclic) bond motifs is 1. The average molecular weight is 425 g/mol. The van der Waals surface area contributed by atoms with Crippen LogP contribution in [0.2, 0.25) is 0 Å². The fourth-order valence-electron chi connectivity index (χ4n) is 2.87. The van der Waals surface area contributed by atoms with Gasteiger partial charge in [0.25, 0.3) is 5.71 Å². The summed E-state index contributed by atoms with van der Waals surface area (Å²) in [7, 11) is 3.31. The molecule has 0 saturated carbocycles. The minimum Gasteiger partial charge on any atom is -0.375 e. The van der Waals surface area contributed by atoms with Gasteiger partial charge in [-0.25, -0.2) is 19.1 Å². The van der Waals surface area contributed by atoms with Gasteiger partial charge in [-0.3, -0.25) is 4.79 Å². The number of carbonyl (C=O) groups excluding carboxylic acids is 2. The summed E-state index contributed by atoms with van der Waals surface area (Å²) in [5.74, 6) is -1.49. The third kappa shape index (κ3) is 3.75. The first-order valence-corrected chi connectivity index (χ1v) is 8.39. The Morgan fingerprint density at radius 2 is 1.97 bits per heavy atom. The number of halogens is 4. The van der Waals surface area contributed by atoms with E-state index in [1.807, 2.05) is 0 Å². The lowest BCUT2D eigenvalue weighted by molar-refractivity contribution is -0.139. The van der Waals surface area contributed by atoms with Crippen molar-refractivity contribution in [2.75, 3.05) is 29.2 Å². The number of pyridine rings is 1. The number of nitrogens with one attached hydrogen (secondary N) is 1. The monoisotopic (exact) mass is 425 g/mol. The number of hydrogen-bond donors (Lipinski definition) is 1. The molecule has 0 aliphatic heterocycles. The van der Waals surface area contributed by atoms with Crippen molar-refractivity contribution in [3.05, 3.63) is 41.5 Å². The van der Waals surface area contributed by atoms with E-state index in [2.05, 4.69) is 15.5 Å². The number of alkyl halides is 3. The van der Waals surface area contributed by atoms with Crippen molar-refractivity contribution in [3.63, 3.8) is 0 Å². The third-order valence-electron chi connectivity index (χ3n) is 4.18. The van der Waals surface area contributed by atoms with Gasteiger partial charge in [0.2, 0.25) is 6.41 Å². The molecule has 3 aromatic rings. The molecule has 3 rings (SSSR count). The van der Waals surface area contributed by atoms with E-state index in [0.29, 0.717) is 33.8 Å². The predicted molar refractivity (Wildman–Crippen MR) is 99.8 cm³/mol. The predicted octanol–water partition coefficient (Wildman–Crippen LogP) is 3.95. The van der Waals surface area contributed by atoms with Crippen molar-refractivity contribution >= 4 is 40.6 Å². The molecule has 8 nitrogen and oxygen atoms in total. The highest BCUT2D eigenvalue weighted by atomic mass is 19.4. The molecule has 30 heavy (non-hydrogen) atoms. The first-order chi connectivity index (χ1) is 14.0. The quantitative estimate of drug-likeness (QED) is 0.503. The van der Waals surface area contributed by atoms with Crippen molar-refractivity contribution < 1.29 is 31.7 Å². The Morgan fingerprint density at radius 3 is 2.57 bits per heavy atom. The van der Waals surface area contributed by atoms with Crippen LogP contribution in [0.3, 0.4) is 0 Å². The van der Waals surface area contributed by atoms with Gasteiger partial charge >= 0.3 is 12.2 Å². The van der Waals surface area contributed by atoms with Crippen LogP contribution in [-0.2, 0) is 11.0 Å². The van der Waals surface area contributed by atoms with Crippen LogP contribution in [0.1, 0.15) is 11.3 Å². The molecule has 0 aliphatic carbocycles. The lowest BCUT2D eigenvalue weighted by Crippen LogP contribution is -2.35. The van der Waals surface area contributed by atoms with Crippen LogP contribution < -0.4 is 15.1 Å². The number of hydrogen-bond acceptors (Lipinski definition) is 6. The molecular formula is C18H15F4N5O3. The summed E-state index contributed by atoms with van der Waals surface area (Å²) in [6.45, 7) is 1.65. The van der Waals surface area contributed by atoms with E-state index in [-0.39, 0.29) is 23.5 Å².